The second-order valence-electron chi connectivity index (χ2n) is 4.06. The van der Waals surface area contributed by atoms with Crippen LogP contribution in [0.3, 0.4) is 0 Å². The average molecular weight is 207 g/mol. The van der Waals surface area contributed by atoms with Crippen LogP contribution in [0, 0.1) is 29.6 Å². The quantitative estimate of drug-likeness (QED) is 0.660. The van der Waals surface area contributed by atoms with Gasteiger partial charge >= 0.3 is 5.97 Å². The number of halogens is 2. The van der Waals surface area contributed by atoms with Crippen LogP contribution in [0.25, 0.3) is 0 Å². The molecule has 4 heteroatoms. The Morgan fingerprint density at radius 2 is 1.50 bits per heavy atom. The van der Waals surface area contributed by atoms with E-state index in [1.54, 1.807) is 0 Å². The van der Waals surface area contributed by atoms with Gasteiger partial charge in [0.15, 0.2) is 0 Å². The summed E-state index contributed by atoms with van der Waals surface area (Å²) in [7, 11) is 0. The van der Waals surface area contributed by atoms with Gasteiger partial charge in [-0.05, 0) is 23.7 Å². The predicted octanol–water partition coefficient (Wildman–Crippen LogP) is 1.41. The standard InChI is InChI=1S/C8H8Cl2O2/c9-6-2-1-3(4(2)8(11)12)7(10)5(1)6/h1-7H,(H,11,12)/t1?,2-,3+,4?,5?,6-,7+. The van der Waals surface area contributed by atoms with Gasteiger partial charge in [-0.15, -0.1) is 23.2 Å². The second-order valence-corrected chi connectivity index (χ2v) is 5.07. The van der Waals surface area contributed by atoms with E-state index in [1.165, 1.54) is 0 Å². The van der Waals surface area contributed by atoms with Crippen LogP contribution in [-0.2, 0) is 4.79 Å². The van der Waals surface area contributed by atoms with Gasteiger partial charge in [-0.25, -0.2) is 0 Å². The van der Waals surface area contributed by atoms with Crippen LogP contribution in [0.2, 0.25) is 0 Å². The van der Waals surface area contributed by atoms with Crippen LogP contribution < -0.4 is 0 Å². The lowest BCUT2D eigenvalue weighted by Gasteiger charge is -2.76. The molecule has 2 nitrogen and oxygen atoms in total. The SMILES string of the molecule is O=C(O)C1[C@@H]2C3C([C@H]2Cl)[C@H](Cl)[C@@H]13. The highest BCUT2D eigenvalue weighted by atomic mass is 35.5. The van der Waals surface area contributed by atoms with Crippen molar-refractivity contribution in [1.29, 1.82) is 0 Å². The lowest BCUT2D eigenvalue weighted by Crippen LogP contribution is -2.80. The zero-order chi connectivity index (χ0) is 8.62. The molecule has 3 aliphatic carbocycles. The van der Waals surface area contributed by atoms with Crippen LogP contribution in [0.15, 0.2) is 0 Å². The van der Waals surface area contributed by atoms with Crippen molar-refractivity contribution in [3.8, 4) is 0 Å². The summed E-state index contributed by atoms with van der Waals surface area (Å²) in [6.07, 6.45) is 0. The number of carbonyl (C=O) groups is 1. The topological polar surface area (TPSA) is 37.3 Å². The Hall–Kier alpha value is 0.0500. The van der Waals surface area contributed by atoms with Crippen molar-refractivity contribution >= 4 is 29.2 Å². The van der Waals surface area contributed by atoms with E-state index in [4.69, 9.17) is 28.3 Å². The first-order valence-corrected chi connectivity index (χ1v) is 5.03. The summed E-state index contributed by atoms with van der Waals surface area (Å²) >= 11 is 12.0. The number of carboxylic acid groups (broad SMARTS) is 1. The molecule has 3 saturated carbocycles. The van der Waals surface area contributed by atoms with E-state index in [-0.39, 0.29) is 28.5 Å². The molecule has 0 aliphatic heterocycles. The Kier molecular flexibility index (Phi) is 1.20. The first kappa shape index (κ1) is 7.45. The monoisotopic (exact) mass is 206 g/mol. The minimum Gasteiger partial charge on any atom is -0.481 e. The van der Waals surface area contributed by atoms with Crippen LogP contribution in [0.4, 0.5) is 0 Å². The van der Waals surface area contributed by atoms with Gasteiger partial charge in [0.05, 0.1) is 5.92 Å². The van der Waals surface area contributed by atoms with E-state index in [1.807, 2.05) is 0 Å². The molecule has 0 saturated heterocycles. The van der Waals surface area contributed by atoms with Crippen molar-refractivity contribution in [2.75, 3.05) is 0 Å². The minimum atomic E-state index is -0.712. The molecule has 0 bridgehead atoms. The van der Waals surface area contributed by atoms with Gasteiger partial charge in [0.2, 0.25) is 0 Å². The van der Waals surface area contributed by atoms with Crippen molar-refractivity contribution < 1.29 is 9.90 Å². The van der Waals surface area contributed by atoms with Gasteiger partial charge in [0, 0.05) is 10.8 Å². The van der Waals surface area contributed by atoms with E-state index in [0.717, 1.165) is 0 Å². The van der Waals surface area contributed by atoms with Gasteiger partial charge in [0.1, 0.15) is 0 Å². The first-order chi connectivity index (χ1) is 5.64. The Labute approximate surface area is 79.8 Å². The maximum absolute atomic E-state index is 10.8. The van der Waals surface area contributed by atoms with Gasteiger partial charge in [-0.3, -0.25) is 4.79 Å². The number of hydrogen-bond donors (Lipinski definition) is 1. The highest BCUT2D eigenvalue weighted by molar-refractivity contribution is 6.26. The van der Waals surface area contributed by atoms with Gasteiger partial charge in [-0.1, -0.05) is 0 Å². The zero-order valence-electron chi connectivity index (χ0n) is 6.15. The number of alkyl halides is 2. The van der Waals surface area contributed by atoms with Crippen molar-refractivity contribution in [2.24, 2.45) is 29.6 Å². The van der Waals surface area contributed by atoms with Crippen molar-refractivity contribution in [2.45, 2.75) is 10.8 Å². The molecule has 0 amide bonds. The minimum absolute atomic E-state index is 0.0311. The Bertz CT molecular complexity index is 239. The average Bonchev–Trinajstić information content (AvgIpc) is 1.95. The van der Waals surface area contributed by atoms with Gasteiger partial charge in [-0.2, -0.15) is 0 Å². The molecule has 3 fully saturated rings. The highest BCUT2D eigenvalue weighted by Crippen LogP contribution is 2.75. The smallest absolute Gasteiger partial charge is 0.307 e. The molecule has 12 heavy (non-hydrogen) atoms. The molecule has 0 radical (unpaired) electrons. The third-order valence-electron chi connectivity index (χ3n) is 3.92. The number of rotatable bonds is 1. The summed E-state index contributed by atoms with van der Waals surface area (Å²) in [6.45, 7) is 0. The summed E-state index contributed by atoms with van der Waals surface area (Å²) in [5.74, 6) is 0.471. The maximum atomic E-state index is 10.8. The molecule has 0 spiro atoms. The first-order valence-electron chi connectivity index (χ1n) is 4.15. The summed E-state index contributed by atoms with van der Waals surface area (Å²) < 4.78 is 0. The number of aliphatic carboxylic acids is 1. The molecule has 3 rings (SSSR count). The van der Waals surface area contributed by atoms with E-state index < -0.39 is 5.97 Å². The zero-order valence-corrected chi connectivity index (χ0v) is 7.66. The lowest BCUT2D eigenvalue weighted by atomic mass is 9.32. The largest absolute Gasteiger partial charge is 0.481 e. The molecule has 0 heterocycles. The van der Waals surface area contributed by atoms with Crippen molar-refractivity contribution in [1.82, 2.24) is 0 Å². The summed E-state index contributed by atoms with van der Waals surface area (Å²) in [5, 5.41) is 8.93. The fourth-order valence-electron chi connectivity index (χ4n) is 3.33. The number of hydrogen-bond acceptors (Lipinski definition) is 1. The third-order valence-corrected chi connectivity index (χ3v) is 5.08. The Morgan fingerprint density at radius 3 is 1.83 bits per heavy atom. The fourth-order valence-corrected chi connectivity index (χ4v) is 4.71. The highest BCUT2D eigenvalue weighted by Gasteiger charge is 2.79. The summed E-state index contributed by atoms with van der Waals surface area (Å²) in [4.78, 5) is 10.8. The normalized spacial score (nSPS) is 65.3. The van der Waals surface area contributed by atoms with E-state index in [2.05, 4.69) is 0 Å². The molecule has 0 aromatic heterocycles. The van der Waals surface area contributed by atoms with E-state index in [0.29, 0.717) is 11.8 Å². The van der Waals surface area contributed by atoms with Crippen molar-refractivity contribution in [3.63, 3.8) is 0 Å². The van der Waals surface area contributed by atoms with E-state index in [9.17, 15) is 4.79 Å². The Morgan fingerprint density at radius 1 is 1.00 bits per heavy atom. The fraction of sp³-hybridized carbons (Fsp3) is 0.875. The molecular weight excluding hydrogens is 199 g/mol. The molecule has 7 atom stereocenters. The number of carboxylic acids is 1. The van der Waals surface area contributed by atoms with Crippen LogP contribution in [0.1, 0.15) is 0 Å². The van der Waals surface area contributed by atoms with Gasteiger partial charge < -0.3 is 5.11 Å². The molecular formula is C8H8Cl2O2. The molecule has 3 aliphatic rings. The molecule has 66 valence electrons. The van der Waals surface area contributed by atoms with Crippen LogP contribution in [-0.4, -0.2) is 21.8 Å². The summed E-state index contributed by atoms with van der Waals surface area (Å²) in [5.41, 5.74) is 0. The second kappa shape index (κ2) is 1.93. The molecule has 0 aromatic rings. The summed E-state index contributed by atoms with van der Waals surface area (Å²) in [6, 6.07) is 0. The third kappa shape index (κ3) is 0.513. The lowest BCUT2D eigenvalue weighted by molar-refractivity contribution is -0.239. The van der Waals surface area contributed by atoms with E-state index >= 15 is 0 Å². The predicted molar refractivity (Wildman–Crippen MR) is 44.4 cm³/mol. The maximum Gasteiger partial charge on any atom is 0.307 e. The van der Waals surface area contributed by atoms with Gasteiger partial charge in [0.25, 0.3) is 0 Å². The van der Waals surface area contributed by atoms with Crippen LogP contribution >= 0.6 is 23.2 Å². The molecule has 0 aromatic carbocycles. The van der Waals surface area contributed by atoms with Crippen LogP contribution in [0.5, 0.6) is 0 Å². The Balaban J connectivity index is 1.88. The molecule has 3 unspecified atom stereocenters. The molecule has 1 N–H and O–H groups in total. The van der Waals surface area contributed by atoms with Crippen molar-refractivity contribution in [3.05, 3.63) is 0 Å².